The van der Waals surface area contributed by atoms with Gasteiger partial charge >= 0.3 is 196 Å². The second-order valence-electron chi connectivity index (χ2n) is 0. The van der Waals surface area contributed by atoms with Crippen molar-refractivity contribution in [2.75, 3.05) is 0 Å². The van der Waals surface area contributed by atoms with Crippen LogP contribution in [0.2, 0.25) is 0 Å². The molecule has 0 amide bonds. The second kappa shape index (κ2) is 142. The van der Waals surface area contributed by atoms with Gasteiger partial charge in [0.2, 0.25) is 0 Å². The van der Waals surface area contributed by atoms with E-state index in [0.29, 0.717) is 0 Å². The second-order valence-corrected chi connectivity index (χ2v) is 0. The summed E-state index contributed by atoms with van der Waals surface area (Å²) in [5, 5.41) is 0. The van der Waals surface area contributed by atoms with Crippen molar-refractivity contribution >= 4 is 91.0 Å². The van der Waals surface area contributed by atoms with E-state index in [1.54, 1.807) is 0 Å². The molecule has 0 aromatic heterocycles. The van der Waals surface area contributed by atoms with E-state index in [2.05, 4.69) is 0 Å². The minimum absolute atomic E-state index is 0. The summed E-state index contributed by atoms with van der Waals surface area (Å²) in [6.45, 7) is 0. The Kier molecular flexibility index (Phi) is 1830. The molecule has 7 nitrogen and oxygen atoms in total. The van der Waals surface area contributed by atoms with Crippen LogP contribution in [0.4, 0.5) is 0 Å². The van der Waals surface area contributed by atoms with Crippen LogP contribution in [0.3, 0.4) is 0 Å². The van der Waals surface area contributed by atoms with Crippen molar-refractivity contribution in [2.45, 2.75) is 0 Å². The molecule has 0 N–H and O–H groups in total. The average Bonchev–Trinajstić information content (AvgIpc) is 0. The van der Waals surface area contributed by atoms with Crippen molar-refractivity contribution in [1.29, 1.82) is 0 Å². The van der Waals surface area contributed by atoms with E-state index in [9.17, 15) is 0 Å². The van der Waals surface area contributed by atoms with Crippen LogP contribution in [0.1, 0.15) is 0 Å². The standard InChI is InChI=1S/2La.2Mn.7O.2Sr/q2*+3;2*+2;7*-2;2*+2. The molecule has 0 saturated heterocycles. The SMILES string of the molecule is [La+3].[La+3].[Mn+2].[Mn+2].[O-2].[O-2].[O-2].[O-2].[O-2].[O-2].[O-2].[Sr+2].[Sr+2]. The monoisotopic (exact) mass is 675 g/mol. The molecule has 0 aliphatic carbocycles. The predicted molar refractivity (Wildman–Crippen MR) is 16.3 cm³/mol. The Bertz CT molecular complexity index is 22.5. The zero-order chi connectivity index (χ0) is 0. The molecule has 66 valence electrons. The third-order valence-corrected chi connectivity index (χ3v) is 0. The van der Waals surface area contributed by atoms with Gasteiger partial charge < -0.3 is 38.3 Å². The maximum Gasteiger partial charge on any atom is 3.00 e. The summed E-state index contributed by atoms with van der Waals surface area (Å²) in [7, 11) is 0. The van der Waals surface area contributed by atoms with Gasteiger partial charge in [-0.05, 0) is 0 Å². The third-order valence-electron chi connectivity index (χ3n) is 0. The summed E-state index contributed by atoms with van der Waals surface area (Å²) in [5.41, 5.74) is 0. The first-order chi connectivity index (χ1) is 0. The molecule has 0 unspecified atom stereocenters. The van der Waals surface area contributed by atoms with Crippen LogP contribution in [-0.2, 0) is 72.5 Å². The van der Waals surface area contributed by atoms with E-state index >= 15 is 0 Å². The summed E-state index contributed by atoms with van der Waals surface area (Å²) in [4.78, 5) is 0. The largest absolute Gasteiger partial charge is 3.00 e. The van der Waals surface area contributed by atoms with Gasteiger partial charge in [-0.1, -0.05) is 0 Å². The van der Waals surface area contributed by atoms with E-state index in [0.717, 1.165) is 0 Å². The van der Waals surface area contributed by atoms with Crippen LogP contribution in [0.15, 0.2) is 0 Å². The fraction of sp³-hybridized carbons (Fsp3) is 0. The molecule has 0 rings (SSSR count). The summed E-state index contributed by atoms with van der Waals surface area (Å²) in [5.74, 6) is 0. The summed E-state index contributed by atoms with van der Waals surface area (Å²) in [6, 6.07) is 0. The topological polar surface area (TPSA) is 200 Å². The summed E-state index contributed by atoms with van der Waals surface area (Å²) in [6.07, 6.45) is 0. The van der Waals surface area contributed by atoms with Crippen LogP contribution >= 0.6 is 0 Å². The quantitative estimate of drug-likeness (QED) is 0.267. The third kappa shape index (κ3) is 126. The smallest absolute Gasteiger partial charge is 2.00 e. The van der Waals surface area contributed by atoms with Gasteiger partial charge in [-0.15, -0.1) is 0 Å². The summed E-state index contributed by atoms with van der Waals surface area (Å²) < 4.78 is 0. The van der Waals surface area contributed by atoms with E-state index in [-0.39, 0.29) is 235 Å². The molecule has 0 aromatic rings. The van der Waals surface area contributed by atoms with Crippen molar-refractivity contribution in [3.8, 4) is 0 Å². The zero-order valence-electron chi connectivity index (χ0n) is 6.18. The Morgan fingerprint density at radius 2 is 0.308 bits per heavy atom. The molecule has 13 heavy (non-hydrogen) atoms. The molecule has 0 fully saturated rings. The molecule has 0 spiro atoms. The maximum atomic E-state index is 0. The fourth-order valence-corrected chi connectivity index (χ4v) is 0. The van der Waals surface area contributed by atoms with Gasteiger partial charge in [-0.3, -0.25) is 0 Å². The zero-order valence-corrected chi connectivity index (χ0v) is 22.7. The molecule has 2 radical (unpaired) electrons. The Hall–Kier alpha value is 6.11. The van der Waals surface area contributed by atoms with E-state index in [4.69, 9.17) is 0 Å². The molecule has 0 aromatic carbocycles. The number of hydrogen-bond acceptors (Lipinski definition) is 0. The molecular formula is La2Mn2O7Sr2. The molecule has 13 heteroatoms. The van der Waals surface area contributed by atoms with Crippen LogP contribution in [0.5, 0.6) is 0 Å². The van der Waals surface area contributed by atoms with Crippen molar-refractivity contribution in [1.82, 2.24) is 0 Å². The van der Waals surface area contributed by atoms with Crippen molar-refractivity contribution in [3.05, 3.63) is 0 Å². The van der Waals surface area contributed by atoms with Crippen molar-refractivity contribution in [2.24, 2.45) is 0 Å². The van der Waals surface area contributed by atoms with Gasteiger partial charge in [0.05, 0.1) is 0 Å². The first-order valence-electron chi connectivity index (χ1n) is 0. The van der Waals surface area contributed by atoms with E-state index in [1.165, 1.54) is 0 Å². The van der Waals surface area contributed by atoms with Crippen molar-refractivity contribution in [3.63, 3.8) is 0 Å². The van der Waals surface area contributed by atoms with Gasteiger partial charge in [0, 0.05) is 0 Å². The maximum absolute atomic E-state index is 0. The van der Waals surface area contributed by atoms with Crippen LogP contribution < -0.4 is 0 Å². The minimum Gasteiger partial charge on any atom is -2.00 e. The molecule has 0 aliphatic heterocycles. The Morgan fingerprint density at radius 3 is 0.308 bits per heavy atom. The normalized spacial score (nSPS) is 0. The Balaban J connectivity index is 0. The predicted octanol–water partition coefficient (Wildman–Crippen LogP) is -1.60. The molecule has 0 saturated carbocycles. The molecule has 0 atom stereocenters. The minimum atomic E-state index is 0. The van der Waals surface area contributed by atoms with E-state index in [1.807, 2.05) is 0 Å². The Labute approximate surface area is 228 Å². The van der Waals surface area contributed by atoms with Crippen LogP contribution in [0.25, 0.3) is 0 Å². The van der Waals surface area contributed by atoms with Gasteiger partial charge in [-0.2, -0.15) is 0 Å². The molecule has 0 bridgehead atoms. The first-order valence-corrected chi connectivity index (χ1v) is 0. The van der Waals surface area contributed by atoms with Crippen LogP contribution in [-0.4, -0.2) is 91.0 Å². The average molecular weight is 675 g/mol. The number of hydrogen-bond donors (Lipinski definition) is 0. The van der Waals surface area contributed by atoms with E-state index < -0.39 is 0 Å². The van der Waals surface area contributed by atoms with Gasteiger partial charge in [-0.25, -0.2) is 0 Å². The van der Waals surface area contributed by atoms with Gasteiger partial charge in [0.15, 0.2) is 0 Å². The Morgan fingerprint density at radius 1 is 0.308 bits per heavy atom. The first kappa shape index (κ1) is 168. The molecular weight excluding hydrogens is 675 g/mol. The molecule has 0 aliphatic rings. The number of rotatable bonds is 0. The van der Waals surface area contributed by atoms with Crippen molar-refractivity contribution < 1.29 is 144 Å². The fourth-order valence-electron chi connectivity index (χ4n) is 0. The molecule has 0 heterocycles. The van der Waals surface area contributed by atoms with Gasteiger partial charge in [0.1, 0.15) is 0 Å². The van der Waals surface area contributed by atoms with Gasteiger partial charge in [0.25, 0.3) is 0 Å². The van der Waals surface area contributed by atoms with Crippen LogP contribution in [0, 0.1) is 71.2 Å². The summed E-state index contributed by atoms with van der Waals surface area (Å²) >= 11 is 0.